The van der Waals surface area contributed by atoms with Crippen LogP contribution in [-0.2, 0) is 4.74 Å². The fourth-order valence-electron chi connectivity index (χ4n) is 2.15. The van der Waals surface area contributed by atoms with Crippen molar-refractivity contribution in [2.45, 2.75) is 38.8 Å². The summed E-state index contributed by atoms with van der Waals surface area (Å²) < 4.78 is 5.20. The molecule has 0 aliphatic carbocycles. The van der Waals surface area contributed by atoms with E-state index in [1.807, 2.05) is 0 Å². The lowest BCUT2D eigenvalue weighted by molar-refractivity contribution is 0.120. The molecule has 1 heterocycles. The van der Waals surface area contributed by atoms with Crippen LogP contribution in [0.2, 0.25) is 0 Å². The lowest BCUT2D eigenvalue weighted by Crippen LogP contribution is -2.42. The number of hydrogen-bond donors (Lipinski definition) is 1. The predicted octanol–water partition coefficient (Wildman–Crippen LogP) is 1.83. The molecule has 0 amide bonds. The summed E-state index contributed by atoms with van der Waals surface area (Å²) in [5, 5.41) is 3.61. The maximum Gasteiger partial charge on any atom is 0.0589 e. The Balaban J connectivity index is 2.26. The summed E-state index contributed by atoms with van der Waals surface area (Å²) in [5.41, 5.74) is 0. The molecule has 0 aromatic heterocycles. The lowest BCUT2D eigenvalue weighted by Gasteiger charge is -2.31. The second kappa shape index (κ2) is 9.20. The standard InChI is InChI=1S/C13H28N2OS/c1-4-12(2)15(8-9-16-3)7-5-13-11-17-10-6-14-13/h12-14H,4-11H2,1-3H3. The Morgan fingerprint density at radius 2 is 2.29 bits per heavy atom. The van der Waals surface area contributed by atoms with Crippen molar-refractivity contribution in [2.24, 2.45) is 0 Å². The molecule has 1 aliphatic heterocycles. The van der Waals surface area contributed by atoms with Crippen LogP contribution in [0.4, 0.5) is 0 Å². The maximum atomic E-state index is 5.20. The molecule has 1 saturated heterocycles. The van der Waals surface area contributed by atoms with E-state index in [0.717, 1.165) is 13.2 Å². The molecule has 1 aliphatic rings. The van der Waals surface area contributed by atoms with Crippen LogP contribution < -0.4 is 5.32 Å². The van der Waals surface area contributed by atoms with Gasteiger partial charge in [-0.3, -0.25) is 4.90 Å². The van der Waals surface area contributed by atoms with E-state index in [9.17, 15) is 0 Å². The number of ether oxygens (including phenoxy) is 1. The molecule has 17 heavy (non-hydrogen) atoms. The van der Waals surface area contributed by atoms with Crippen LogP contribution >= 0.6 is 11.8 Å². The van der Waals surface area contributed by atoms with Gasteiger partial charge in [-0.05, 0) is 19.8 Å². The quantitative estimate of drug-likeness (QED) is 0.719. The highest BCUT2D eigenvalue weighted by Gasteiger charge is 2.16. The van der Waals surface area contributed by atoms with Gasteiger partial charge in [0.2, 0.25) is 0 Å². The molecular formula is C13H28N2OS. The summed E-state index contributed by atoms with van der Waals surface area (Å²) in [7, 11) is 1.79. The molecule has 1 rings (SSSR count). The van der Waals surface area contributed by atoms with Crippen molar-refractivity contribution in [1.29, 1.82) is 0 Å². The Morgan fingerprint density at radius 3 is 2.88 bits per heavy atom. The minimum Gasteiger partial charge on any atom is -0.383 e. The third-order valence-corrected chi connectivity index (χ3v) is 4.69. The molecule has 102 valence electrons. The number of thioether (sulfide) groups is 1. The van der Waals surface area contributed by atoms with Crippen LogP contribution in [0.25, 0.3) is 0 Å². The van der Waals surface area contributed by atoms with Crippen molar-refractivity contribution in [3.63, 3.8) is 0 Å². The number of nitrogens with zero attached hydrogens (tertiary/aromatic N) is 1. The van der Waals surface area contributed by atoms with Gasteiger partial charge in [0, 0.05) is 50.3 Å². The van der Waals surface area contributed by atoms with Gasteiger partial charge in [0.05, 0.1) is 6.61 Å². The molecule has 2 atom stereocenters. The van der Waals surface area contributed by atoms with Gasteiger partial charge in [-0.1, -0.05) is 6.92 Å². The molecule has 4 heteroatoms. The fourth-order valence-corrected chi connectivity index (χ4v) is 3.14. The van der Waals surface area contributed by atoms with Gasteiger partial charge in [-0.15, -0.1) is 0 Å². The second-order valence-electron chi connectivity index (χ2n) is 4.80. The van der Waals surface area contributed by atoms with Gasteiger partial charge in [0.15, 0.2) is 0 Å². The van der Waals surface area contributed by atoms with Crippen LogP contribution in [0.15, 0.2) is 0 Å². The van der Waals surface area contributed by atoms with Crippen molar-refractivity contribution in [2.75, 3.05) is 44.9 Å². The molecule has 1 fully saturated rings. The first-order valence-corrected chi connectivity index (χ1v) is 7.97. The fraction of sp³-hybridized carbons (Fsp3) is 1.00. The Morgan fingerprint density at radius 1 is 1.47 bits per heavy atom. The number of nitrogens with one attached hydrogen (secondary N) is 1. The summed E-state index contributed by atoms with van der Waals surface area (Å²) in [5.74, 6) is 2.55. The monoisotopic (exact) mass is 260 g/mol. The predicted molar refractivity (Wildman–Crippen MR) is 76.9 cm³/mol. The second-order valence-corrected chi connectivity index (χ2v) is 5.95. The summed E-state index contributed by atoms with van der Waals surface area (Å²) in [6.45, 7) is 8.85. The Bertz CT molecular complexity index is 186. The zero-order chi connectivity index (χ0) is 12.5. The van der Waals surface area contributed by atoms with Crippen LogP contribution in [0.5, 0.6) is 0 Å². The van der Waals surface area contributed by atoms with Gasteiger partial charge < -0.3 is 10.1 Å². The molecule has 3 nitrogen and oxygen atoms in total. The molecule has 0 aromatic rings. The first-order chi connectivity index (χ1) is 8.27. The summed E-state index contributed by atoms with van der Waals surface area (Å²) in [6.07, 6.45) is 2.48. The first-order valence-electron chi connectivity index (χ1n) is 6.82. The van der Waals surface area contributed by atoms with Crippen molar-refractivity contribution < 1.29 is 4.74 Å². The number of hydrogen-bond acceptors (Lipinski definition) is 4. The molecule has 0 aromatic carbocycles. The van der Waals surface area contributed by atoms with Crippen molar-refractivity contribution in [1.82, 2.24) is 10.2 Å². The Kier molecular flexibility index (Phi) is 8.27. The van der Waals surface area contributed by atoms with Crippen LogP contribution in [0.3, 0.4) is 0 Å². The molecule has 1 N–H and O–H groups in total. The van der Waals surface area contributed by atoms with Gasteiger partial charge in [0.25, 0.3) is 0 Å². The molecule has 0 spiro atoms. The average molecular weight is 260 g/mol. The Labute approximate surface area is 111 Å². The van der Waals surface area contributed by atoms with E-state index in [2.05, 4.69) is 35.8 Å². The average Bonchev–Trinajstić information content (AvgIpc) is 2.39. The van der Waals surface area contributed by atoms with Crippen molar-refractivity contribution in [3.8, 4) is 0 Å². The van der Waals surface area contributed by atoms with Gasteiger partial charge in [0.1, 0.15) is 0 Å². The molecule has 0 radical (unpaired) electrons. The molecular weight excluding hydrogens is 232 g/mol. The molecule has 2 unspecified atom stereocenters. The summed E-state index contributed by atoms with van der Waals surface area (Å²) >= 11 is 2.08. The largest absolute Gasteiger partial charge is 0.383 e. The van der Waals surface area contributed by atoms with Crippen LogP contribution in [-0.4, -0.2) is 61.8 Å². The third kappa shape index (κ3) is 6.09. The maximum absolute atomic E-state index is 5.20. The third-order valence-electron chi connectivity index (χ3n) is 3.56. The lowest BCUT2D eigenvalue weighted by atomic mass is 10.1. The van der Waals surface area contributed by atoms with Gasteiger partial charge >= 0.3 is 0 Å². The summed E-state index contributed by atoms with van der Waals surface area (Å²) in [6, 6.07) is 1.38. The smallest absolute Gasteiger partial charge is 0.0589 e. The van der Waals surface area contributed by atoms with E-state index in [1.165, 1.54) is 37.4 Å². The Hall–Kier alpha value is 0.230. The molecule has 0 bridgehead atoms. The van der Waals surface area contributed by atoms with Gasteiger partial charge in [-0.25, -0.2) is 0 Å². The van der Waals surface area contributed by atoms with E-state index >= 15 is 0 Å². The van der Waals surface area contributed by atoms with E-state index in [0.29, 0.717) is 12.1 Å². The molecule has 0 saturated carbocycles. The zero-order valence-corrected chi connectivity index (χ0v) is 12.4. The SMILES string of the molecule is CCC(C)N(CCOC)CCC1CSCCN1. The van der Waals surface area contributed by atoms with E-state index in [-0.39, 0.29) is 0 Å². The highest BCUT2D eigenvalue weighted by atomic mass is 32.2. The van der Waals surface area contributed by atoms with Gasteiger partial charge in [-0.2, -0.15) is 11.8 Å². The zero-order valence-electron chi connectivity index (χ0n) is 11.6. The van der Waals surface area contributed by atoms with E-state index in [1.54, 1.807) is 7.11 Å². The number of methoxy groups -OCH3 is 1. The highest BCUT2D eigenvalue weighted by Crippen LogP contribution is 2.12. The van der Waals surface area contributed by atoms with Crippen molar-refractivity contribution >= 4 is 11.8 Å². The minimum atomic E-state index is 0.668. The van der Waals surface area contributed by atoms with E-state index in [4.69, 9.17) is 4.74 Å². The summed E-state index contributed by atoms with van der Waals surface area (Å²) in [4.78, 5) is 2.56. The van der Waals surface area contributed by atoms with E-state index < -0.39 is 0 Å². The minimum absolute atomic E-state index is 0.668. The highest BCUT2D eigenvalue weighted by molar-refractivity contribution is 7.99. The first kappa shape index (κ1) is 15.3. The van der Waals surface area contributed by atoms with Crippen LogP contribution in [0.1, 0.15) is 26.7 Å². The topological polar surface area (TPSA) is 24.5 Å². The number of rotatable bonds is 8. The van der Waals surface area contributed by atoms with Crippen molar-refractivity contribution in [3.05, 3.63) is 0 Å². The normalized spacial score (nSPS) is 22.9. The van der Waals surface area contributed by atoms with Crippen LogP contribution in [0, 0.1) is 0 Å².